The largest absolute Gasteiger partial charge is 0 e. The molecular weight excluding hydrogens is 196 g/mol. The van der Waals surface area contributed by atoms with Crippen LogP contribution in [0.4, 0.5) is 0 Å². The Balaban J connectivity index is 0. The average Bonchev–Trinajstić information content (AvgIpc) is 0. The average molecular weight is 196 g/mol. The van der Waals surface area contributed by atoms with E-state index in [-0.39, 0.29) is 106 Å². The zero-order valence-corrected chi connectivity index (χ0v) is 10.7. The van der Waals surface area contributed by atoms with Gasteiger partial charge in [0.1, 0.15) is 0 Å². The summed E-state index contributed by atoms with van der Waals surface area (Å²) in [7, 11) is 0. The summed E-state index contributed by atoms with van der Waals surface area (Å²) in [5, 5.41) is 0. The third-order valence-electron chi connectivity index (χ3n) is 0. The zero-order valence-electron chi connectivity index (χ0n) is 3.05. The van der Waals surface area contributed by atoms with Crippen molar-refractivity contribution in [3.05, 3.63) is 0 Å². The number of rotatable bonds is 0. The van der Waals surface area contributed by atoms with Crippen molar-refractivity contribution in [2.45, 2.75) is 0 Å². The normalized spacial score (nSPS) is 0. The molecule has 0 unspecified atom stereocenters. The minimum absolute atomic E-state index is 0. The van der Waals surface area contributed by atoms with Crippen molar-refractivity contribution in [3.8, 4) is 0 Å². The predicted molar refractivity (Wildman–Crippen MR) is 17.3 cm³/mol. The molecule has 0 N–H and O–H groups in total. The van der Waals surface area contributed by atoms with Crippen molar-refractivity contribution < 1.29 is 36.5 Å². The standard InChI is InChI=1S/B.Ca.Fe.Mg.Zn. The second-order valence-corrected chi connectivity index (χ2v) is 0. The van der Waals surface area contributed by atoms with Crippen LogP contribution in [0.3, 0.4) is 0 Å². The van der Waals surface area contributed by atoms with E-state index >= 15 is 0 Å². The van der Waals surface area contributed by atoms with E-state index in [4.69, 9.17) is 0 Å². The van der Waals surface area contributed by atoms with Gasteiger partial charge in [0.05, 0.1) is 0 Å². The Morgan fingerprint density at radius 2 is 1.00 bits per heavy atom. The summed E-state index contributed by atoms with van der Waals surface area (Å²) in [4.78, 5) is 0. The monoisotopic (exact) mass is 195 g/mol. The third kappa shape index (κ3) is 18.9. The molecule has 0 bridgehead atoms. The van der Waals surface area contributed by atoms with Gasteiger partial charge in [-0.15, -0.1) is 0 Å². The van der Waals surface area contributed by atoms with Gasteiger partial charge in [0.25, 0.3) is 0 Å². The minimum Gasteiger partial charge on any atom is 0 e. The molecule has 0 nitrogen and oxygen atoms in total. The molecule has 0 amide bonds. The van der Waals surface area contributed by atoms with Gasteiger partial charge in [0.15, 0.2) is 0 Å². The van der Waals surface area contributed by atoms with E-state index < -0.39 is 0 Å². The molecule has 0 aromatic rings. The topological polar surface area (TPSA) is 0 Å². The van der Waals surface area contributed by atoms with Crippen molar-refractivity contribution in [3.63, 3.8) is 0 Å². The van der Waals surface area contributed by atoms with E-state index in [0.29, 0.717) is 0 Å². The summed E-state index contributed by atoms with van der Waals surface area (Å²) in [5.41, 5.74) is 0. The Morgan fingerprint density at radius 3 is 1.00 bits per heavy atom. The van der Waals surface area contributed by atoms with Gasteiger partial charge < -0.3 is 0 Å². The molecule has 0 heterocycles. The van der Waals surface area contributed by atoms with Crippen LogP contribution >= 0.6 is 0 Å². The first-order valence-electron chi connectivity index (χ1n) is 0. The molecule has 0 aromatic carbocycles. The Kier molecular flexibility index (Phi) is 222. The van der Waals surface area contributed by atoms with Gasteiger partial charge in [-0.3, -0.25) is 0 Å². The van der Waals surface area contributed by atoms with Gasteiger partial charge in [-0.05, 0) is 0 Å². The SMILES string of the molecule is [B].[Ca].[Fe].[Mg].[Zn]. The van der Waals surface area contributed by atoms with E-state index in [2.05, 4.69) is 0 Å². The summed E-state index contributed by atoms with van der Waals surface area (Å²) < 4.78 is 0. The second kappa shape index (κ2) is 26.9. The molecule has 0 fully saturated rings. The van der Waals surface area contributed by atoms with Gasteiger partial charge in [-0.1, -0.05) is 0 Å². The van der Waals surface area contributed by atoms with Crippen molar-refractivity contribution in [1.82, 2.24) is 0 Å². The molecule has 0 aliphatic carbocycles. The van der Waals surface area contributed by atoms with Crippen LogP contribution in [0.25, 0.3) is 0 Å². The molecule has 0 aromatic heterocycles. The Bertz CT molecular complexity index is 11.6. The van der Waals surface area contributed by atoms with Gasteiger partial charge in [0.2, 0.25) is 0 Å². The second-order valence-electron chi connectivity index (χ2n) is 0. The van der Waals surface area contributed by atoms with Crippen molar-refractivity contribution in [2.24, 2.45) is 0 Å². The van der Waals surface area contributed by atoms with Crippen molar-refractivity contribution in [1.29, 1.82) is 0 Å². The van der Waals surface area contributed by atoms with Gasteiger partial charge in [-0.2, -0.15) is 0 Å². The smallest absolute Gasteiger partial charge is 0 e. The van der Waals surface area contributed by atoms with Crippen LogP contribution < -0.4 is 0 Å². The molecule has 0 atom stereocenters. The first kappa shape index (κ1) is 41.2. The first-order chi connectivity index (χ1) is 0. The molecule has 0 saturated carbocycles. The maximum absolute atomic E-state index is 0. The van der Waals surface area contributed by atoms with E-state index in [1.165, 1.54) is 0 Å². The summed E-state index contributed by atoms with van der Waals surface area (Å²) in [6.45, 7) is 0. The summed E-state index contributed by atoms with van der Waals surface area (Å²) in [6.07, 6.45) is 0. The molecule has 0 spiro atoms. The van der Waals surface area contributed by atoms with Crippen LogP contribution in [0.15, 0.2) is 0 Å². The minimum atomic E-state index is 0. The molecule has 0 aliphatic rings. The van der Waals surface area contributed by atoms with Crippen LogP contribution in [0, 0.1) is 0 Å². The maximum atomic E-state index is 0. The van der Waals surface area contributed by atoms with Gasteiger partial charge in [0, 0.05) is 106 Å². The van der Waals surface area contributed by atoms with Crippen LogP contribution in [-0.4, -0.2) is 69.2 Å². The van der Waals surface area contributed by atoms with Crippen LogP contribution in [0.1, 0.15) is 0 Å². The fraction of sp³-hybridized carbons (Fsp3) is 0. The molecule has 0 rings (SSSR count). The predicted octanol–water partition coefficient (Wildman–Crippen LogP) is -1.15. The number of hydrogen-bond acceptors (Lipinski definition) is 0. The molecule has 7 radical (unpaired) electrons. The van der Waals surface area contributed by atoms with Crippen molar-refractivity contribution in [2.75, 3.05) is 0 Å². The fourth-order valence-corrected chi connectivity index (χ4v) is 0. The molecule has 5 heavy (non-hydrogen) atoms. The summed E-state index contributed by atoms with van der Waals surface area (Å²) in [5.74, 6) is 0. The Morgan fingerprint density at radius 1 is 1.00 bits per heavy atom. The van der Waals surface area contributed by atoms with Gasteiger partial charge in [-0.25, -0.2) is 0 Å². The molecular formula is BCaFeMgZn. The molecule has 0 aliphatic heterocycles. The van der Waals surface area contributed by atoms with Crippen LogP contribution in [0.2, 0.25) is 0 Å². The van der Waals surface area contributed by atoms with Crippen LogP contribution in [0.5, 0.6) is 0 Å². The summed E-state index contributed by atoms with van der Waals surface area (Å²) >= 11 is 0. The van der Waals surface area contributed by atoms with Gasteiger partial charge >= 0.3 is 0 Å². The molecule has 17 valence electrons. The van der Waals surface area contributed by atoms with Crippen molar-refractivity contribution >= 4 is 69.2 Å². The third-order valence-corrected chi connectivity index (χ3v) is 0. The summed E-state index contributed by atoms with van der Waals surface area (Å²) in [6, 6.07) is 0. The van der Waals surface area contributed by atoms with E-state index in [0.717, 1.165) is 0 Å². The Labute approximate surface area is 104 Å². The Hall–Kier alpha value is 3.23. The number of hydrogen-bond donors (Lipinski definition) is 0. The molecule has 0 saturated heterocycles. The fourth-order valence-electron chi connectivity index (χ4n) is 0. The molecule has 5 heteroatoms. The van der Waals surface area contributed by atoms with E-state index in [1.54, 1.807) is 0 Å². The zero-order chi connectivity index (χ0) is 0. The first-order valence-corrected chi connectivity index (χ1v) is 0. The van der Waals surface area contributed by atoms with E-state index in [1.807, 2.05) is 0 Å². The van der Waals surface area contributed by atoms with E-state index in [9.17, 15) is 0 Å². The quantitative estimate of drug-likeness (QED) is 0.430. The maximum Gasteiger partial charge on any atom is 0 e. The van der Waals surface area contributed by atoms with Crippen LogP contribution in [-0.2, 0) is 36.5 Å².